The summed E-state index contributed by atoms with van der Waals surface area (Å²) in [5.41, 5.74) is 1.35. The van der Waals surface area contributed by atoms with Crippen LogP contribution in [0.25, 0.3) is 0 Å². The van der Waals surface area contributed by atoms with Crippen LogP contribution in [-0.2, 0) is 4.74 Å². The molecule has 0 heterocycles. The Balaban J connectivity index is 2.10. The Labute approximate surface area is 117 Å². The van der Waals surface area contributed by atoms with E-state index in [2.05, 4.69) is 4.74 Å². The van der Waals surface area contributed by atoms with Crippen LogP contribution in [0.5, 0.6) is 5.75 Å². The number of esters is 1. The molecule has 0 aliphatic rings. The summed E-state index contributed by atoms with van der Waals surface area (Å²) in [6, 6.07) is 16.1. The van der Waals surface area contributed by atoms with E-state index >= 15 is 0 Å². The molecule has 4 heteroatoms. The van der Waals surface area contributed by atoms with Crippen molar-refractivity contribution < 1.29 is 19.4 Å². The monoisotopic (exact) mass is 272 g/mol. The molecule has 1 atom stereocenters. The molecule has 0 saturated heterocycles. The minimum absolute atomic E-state index is 0.122. The summed E-state index contributed by atoms with van der Waals surface area (Å²) in [6.07, 6.45) is -0.430. The SMILES string of the molecule is COC(=O)c1ccc(O[C@@H](CO)c2ccccc2)cc1. The zero-order chi connectivity index (χ0) is 14.4. The van der Waals surface area contributed by atoms with Gasteiger partial charge in [-0.3, -0.25) is 0 Å². The van der Waals surface area contributed by atoms with Crippen LogP contribution in [0.4, 0.5) is 0 Å². The van der Waals surface area contributed by atoms with Gasteiger partial charge in [0.05, 0.1) is 19.3 Å². The molecule has 0 saturated carbocycles. The second kappa shape index (κ2) is 6.73. The van der Waals surface area contributed by atoms with Crippen LogP contribution in [-0.4, -0.2) is 24.8 Å². The van der Waals surface area contributed by atoms with Gasteiger partial charge in [0.1, 0.15) is 11.9 Å². The first kappa shape index (κ1) is 14.1. The molecule has 0 aliphatic heterocycles. The van der Waals surface area contributed by atoms with Crippen molar-refractivity contribution in [3.8, 4) is 5.75 Å². The number of aliphatic hydroxyl groups is 1. The zero-order valence-corrected chi connectivity index (χ0v) is 11.2. The fourth-order valence-corrected chi connectivity index (χ4v) is 1.83. The van der Waals surface area contributed by atoms with Gasteiger partial charge in [-0.25, -0.2) is 4.79 Å². The standard InChI is InChI=1S/C16H16O4/c1-19-16(18)13-7-9-14(10-8-13)20-15(11-17)12-5-3-2-4-6-12/h2-10,15,17H,11H2,1H3/t15-/m0/s1. The average Bonchev–Trinajstić information content (AvgIpc) is 2.53. The summed E-state index contributed by atoms with van der Waals surface area (Å²) in [4.78, 5) is 11.3. The first-order valence-electron chi connectivity index (χ1n) is 6.25. The Kier molecular flexibility index (Phi) is 4.74. The fourth-order valence-electron chi connectivity index (χ4n) is 1.83. The highest BCUT2D eigenvalue weighted by Gasteiger charge is 2.12. The molecule has 2 aromatic carbocycles. The predicted octanol–water partition coefficient (Wildman–Crippen LogP) is 2.59. The van der Waals surface area contributed by atoms with Crippen molar-refractivity contribution in [3.63, 3.8) is 0 Å². The lowest BCUT2D eigenvalue weighted by molar-refractivity contribution is 0.0600. The molecule has 0 bridgehead atoms. The van der Waals surface area contributed by atoms with Gasteiger partial charge in [0.15, 0.2) is 0 Å². The average molecular weight is 272 g/mol. The van der Waals surface area contributed by atoms with Gasteiger partial charge in [-0.1, -0.05) is 30.3 Å². The summed E-state index contributed by atoms with van der Waals surface area (Å²) in [6.45, 7) is -0.122. The van der Waals surface area contributed by atoms with E-state index in [4.69, 9.17) is 4.74 Å². The van der Waals surface area contributed by atoms with Crippen LogP contribution in [0.1, 0.15) is 22.0 Å². The molecule has 4 nitrogen and oxygen atoms in total. The first-order valence-corrected chi connectivity index (χ1v) is 6.25. The molecular formula is C16H16O4. The van der Waals surface area contributed by atoms with E-state index in [0.717, 1.165) is 5.56 Å². The highest BCUT2D eigenvalue weighted by atomic mass is 16.5. The molecule has 20 heavy (non-hydrogen) atoms. The topological polar surface area (TPSA) is 55.8 Å². The van der Waals surface area contributed by atoms with E-state index in [9.17, 15) is 9.90 Å². The molecule has 1 N–H and O–H groups in total. The Morgan fingerprint density at radius 2 is 1.75 bits per heavy atom. The summed E-state index contributed by atoms with van der Waals surface area (Å²) in [7, 11) is 1.34. The number of methoxy groups -OCH3 is 1. The van der Waals surface area contributed by atoms with Crippen molar-refractivity contribution in [1.29, 1.82) is 0 Å². The predicted molar refractivity (Wildman–Crippen MR) is 74.7 cm³/mol. The van der Waals surface area contributed by atoms with Crippen LogP contribution in [0.2, 0.25) is 0 Å². The summed E-state index contributed by atoms with van der Waals surface area (Å²) in [5.74, 6) is 0.193. The molecule has 104 valence electrons. The Morgan fingerprint density at radius 1 is 1.10 bits per heavy atom. The van der Waals surface area contributed by atoms with Crippen molar-refractivity contribution in [2.45, 2.75) is 6.10 Å². The van der Waals surface area contributed by atoms with Gasteiger partial charge in [0.25, 0.3) is 0 Å². The Hall–Kier alpha value is -2.33. The quantitative estimate of drug-likeness (QED) is 0.850. The third-order valence-corrected chi connectivity index (χ3v) is 2.89. The van der Waals surface area contributed by atoms with Gasteiger partial charge in [0.2, 0.25) is 0 Å². The number of benzene rings is 2. The van der Waals surface area contributed by atoms with E-state index in [1.165, 1.54) is 7.11 Å². The zero-order valence-electron chi connectivity index (χ0n) is 11.2. The van der Waals surface area contributed by atoms with E-state index in [1.54, 1.807) is 24.3 Å². The van der Waals surface area contributed by atoms with Crippen LogP contribution in [0, 0.1) is 0 Å². The van der Waals surface area contributed by atoms with E-state index < -0.39 is 12.1 Å². The number of rotatable bonds is 5. The maximum Gasteiger partial charge on any atom is 0.337 e. The van der Waals surface area contributed by atoms with Gasteiger partial charge in [-0.05, 0) is 29.8 Å². The van der Waals surface area contributed by atoms with Crippen LogP contribution >= 0.6 is 0 Å². The Morgan fingerprint density at radius 3 is 2.30 bits per heavy atom. The lowest BCUT2D eigenvalue weighted by atomic mass is 10.1. The minimum atomic E-state index is -0.430. The second-order valence-corrected chi connectivity index (χ2v) is 4.22. The molecule has 0 unspecified atom stereocenters. The van der Waals surface area contributed by atoms with Gasteiger partial charge in [-0.15, -0.1) is 0 Å². The maximum absolute atomic E-state index is 11.3. The highest BCUT2D eigenvalue weighted by molar-refractivity contribution is 5.89. The van der Waals surface area contributed by atoms with E-state index in [1.807, 2.05) is 30.3 Å². The number of carbonyl (C=O) groups excluding carboxylic acids is 1. The fraction of sp³-hybridized carbons (Fsp3) is 0.188. The molecule has 0 aromatic heterocycles. The summed E-state index contributed by atoms with van der Waals surface area (Å²) < 4.78 is 10.3. The third-order valence-electron chi connectivity index (χ3n) is 2.89. The number of carbonyl (C=O) groups is 1. The van der Waals surface area contributed by atoms with Crippen molar-refractivity contribution in [3.05, 3.63) is 65.7 Å². The van der Waals surface area contributed by atoms with E-state index in [-0.39, 0.29) is 6.61 Å². The van der Waals surface area contributed by atoms with Crippen LogP contribution < -0.4 is 4.74 Å². The summed E-state index contributed by atoms with van der Waals surface area (Å²) in [5, 5.41) is 9.42. The molecule has 2 aromatic rings. The largest absolute Gasteiger partial charge is 0.483 e. The first-order chi connectivity index (χ1) is 9.74. The molecule has 0 amide bonds. The van der Waals surface area contributed by atoms with Gasteiger partial charge < -0.3 is 14.6 Å². The second-order valence-electron chi connectivity index (χ2n) is 4.22. The normalized spacial score (nSPS) is 11.7. The van der Waals surface area contributed by atoms with Gasteiger partial charge in [-0.2, -0.15) is 0 Å². The Bertz CT molecular complexity index is 548. The molecule has 2 rings (SSSR count). The highest BCUT2D eigenvalue weighted by Crippen LogP contribution is 2.22. The molecule has 0 aliphatic carbocycles. The maximum atomic E-state index is 11.3. The van der Waals surface area contributed by atoms with Crippen LogP contribution in [0.15, 0.2) is 54.6 Å². The van der Waals surface area contributed by atoms with Gasteiger partial charge >= 0.3 is 5.97 Å². The van der Waals surface area contributed by atoms with Crippen LogP contribution in [0.3, 0.4) is 0 Å². The lowest BCUT2D eigenvalue weighted by Gasteiger charge is -2.17. The minimum Gasteiger partial charge on any atom is -0.483 e. The molecule has 0 radical (unpaired) electrons. The number of hydrogen-bond acceptors (Lipinski definition) is 4. The molecule has 0 spiro atoms. The number of ether oxygens (including phenoxy) is 2. The number of hydrogen-bond donors (Lipinski definition) is 1. The van der Waals surface area contributed by atoms with Gasteiger partial charge in [0, 0.05) is 0 Å². The van der Waals surface area contributed by atoms with Crippen molar-refractivity contribution >= 4 is 5.97 Å². The van der Waals surface area contributed by atoms with Crippen molar-refractivity contribution in [2.24, 2.45) is 0 Å². The summed E-state index contributed by atoms with van der Waals surface area (Å²) >= 11 is 0. The van der Waals surface area contributed by atoms with Crippen molar-refractivity contribution in [2.75, 3.05) is 13.7 Å². The van der Waals surface area contributed by atoms with Crippen molar-refractivity contribution in [1.82, 2.24) is 0 Å². The smallest absolute Gasteiger partial charge is 0.337 e. The molecule has 0 fully saturated rings. The lowest BCUT2D eigenvalue weighted by Crippen LogP contribution is -2.12. The molecular weight excluding hydrogens is 256 g/mol. The third kappa shape index (κ3) is 3.36. The number of aliphatic hydroxyl groups excluding tert-OH is 1. The van der Waals surface area contributed by atoms with E-state index in [0.29, 0.717) is 11.3 Å².